The molecule has 0 aliphatic rings. The van der Waals surface area contributed by atoms with Crippen LogP contribution in [0, 0.1) is 0 Å². The van der Waals surface area contributed by atoms with Crippen LogP contribution in [0.25, 0.3) is 0 Å². The molecule has 0 aliphatic carbocycles. The molecule has 7 nitrogen and oxygen atoms in total. The molecule has 0 spiro atoms. The van der Waals surface area contributed by atoms with Gasteiger partial charge in [-0.25, -0.2) is 18.0 Å². The van der Waals surface area contributed by atoms with Crippen molar-refractivity contribution in [2.45, 2.75) is 263 Å². The molecule has 0 fully saturated rings. The minimum absolute atomic E-state index is 0. The third-order valence-electron chi connectivity index (χ3n) is 12.0. The van der Waals surface area contributed by atoms with Crippen molar-refractivity contribution in [3.8, 4) is 0 Å². The normalized spacial score (nSPS) is 11.7. The van der Waals surface area contributed by atoms with Crippen LogP contribution in [0.3, 0.4) is 0 Å². The summed E-state index contributed by atoms with van der Waals surface area (Å²) < 4.78 is 46.0. The number of carbonyl (C=O) groups excluding carboxylic acids is 2. The summed E-state index contributed by atoms with van der Waals surface area (Å²) in [5.41, 5.74) is -0.329. The predicted molar refractivity (Wildman–Crippen MR) is 260 cm³/mol. The Kier molecular flexibility index (Phi) is 44.6. The van der Waals surface area contributed by atoms with Crippen LogP contribution in [0.1, 0.15) is 279 Å². The topological polar surface area (TPSA) is 110 Å². The summed E-state index contributed by atoms with van der Waals surface area (Å²) in [6, 6.07) is 3.16. The second kappa shape index (κ2) is 45.7. The number of hydrogen-bond acceptors (Lipinski definition) is 7. The molecule has 0 aromatic heterocycles. The fourth-order valence-corrected chi connectivity index (χ4v) is 8.45. The van der Waals surface area contributed by atoms with Gasteiger partial charge in [0.15, 0.2) is 0 Å². The van der Waals surface area contributed by atoms with Gasteiger partial charge < -0.3 is 14.0 Å². The largest absolute Gasteiger partial charge is 1.00 e. The summed E-state index contributed by atoms with van der Waals surface area (Å²) in [6.45, 7) is 4.86. The summed E-state index contributed by atoms with van der Waals surface area (Å²) in [4.78, 5) is 25.4. The summed E-state index contributed by atoms with van der Waals surface area (Å²) in [5.74, 6) is -1.54. The Bertz CT molecular complexity index is 1380. The number of hydrogen-bond donors (Lipinski definition) is 0. The first-order valence-electron chi connectivity index (χ1n) is 26.0. The average molecular weight is 909 g/mol. The molecule has 0 saturated carbocycles. The van der Waals surface area contributed by atoms with Crippen molar-refractivity contribution >= 4 is 22.1 Å². The molecule has 0 aliphatic heterocycles. The molecule has 63 heavy (non-hydrogen) atoms. The molecule has 358 valence electrons. The first-order chi connectivity index (χ1) is 30.3. The van der Waals surface area contributed by atoms with Crippen LogP contribution in [-0.4, -0.2) is 38.1 Å². The number of allylic oxidation sites excluding steroid dienone is 4. The van der Waals surface area contributed by atoms with Crippen LogP contribution in [0.4, 0.5) is 0 Å². The second-order valence-electron chi connectivity index (χ2n) is 17.8. The summed E-state index contributed by atoms with van der Waals surface area (Å²) >= 11 is 0. The molecule has 0 amide bonds. The zero-order valence-electron chi connectivity index (χ0n) is 41.1. The van der Waals surface area contributed by atoms with Crippen molar-refractivity contribution in [1.82, 2.24) is 0 Å². The van der Waals surface area contributed by atoms with E-state index in [9.17, 15) is 22.6 Å². The number of carbonyl (C=O) groups is 2. The fraction of sp³-hybridized carbons (Fsp3) is 0.778. The first kappa shape index (κ1) is 61.5. The Morgan fingerprint density at radius 2 is 0.698 bits per heavy atom. The van der Waals surface area contributed by atoms with Crippen LogP contribution < -0.4 is 29.6 Å². The van der Waals surface area contributed by atoms with E-state index in [1.165, 1.54) is 205 Å². The van der Waals surface area contributed by atoms with Crippen molar-refractivity contribution < 1.29 is 61.6 Å². The van der Waals surface area contributed by atoms with E-state index in [1.807, 2.05) is 0 Å². The van der Waals surface area contributed by atoms with Gasteiger partial charge in [0.1, 0.15) is 10.1 Å². The van der Waals surface area contributed by atoms with Crippen molar-refractivity contribution in [1.29, 1.82) is 0 Å². The molecular weight excluding hydrogens is 816 g/mol. The van der Waals surface area contributed by atoms with Crippen molar-refractivity contribution in [2.24, 2.45) is 0 Å². The van der Waals surface area contributed by atoms with Crippen molar-refractivity contribution in [3.63, 3.8) is 0 Å². The van der Waals surface area contributed by atoms with E-state index in [0.29, 0.717) is 12.8 Å². The number of ether oxygens (including phenoxy) is 2. The maximum atomic E-state index is 13.0. The quantitative estimate of drug-likeness (QED) is 0.0211. The third kappa shape index (κ3) is 38.4. The predicted octanol–water partition coefficient (Wildman–Crippen LogP) is 13.9. The SMILES string of the molecule is CCCC/C=C/CCCCCCCCCCCCCCCCCOC(=O)c1ccc(S(=O)(=O)[O-])cc1C(=O)OCCCCCCCCCCCCCCCCC/C=C/CCCC.[Na+]. The molecule has 0 unspecified atom stereocenters. The van der Waals surface area contributed by atoms with Crippen molar-refractivity contribution in [3.05, 3.63) is 53.6 Å². The molecule has 0 N–H and O–H groups in total. The molecule has 0 radical (unpaired) electrons. The number of unbranched alkanes of at least 4 members (excludes halogenated alkanes) is 34. The molecule has 0 bridgehead atoms. The molecule has 1 aromatic carbocycles. The summed E-state index contributed by atoms with van der Waals surface area (Å²) in [5, 5.41) is 0. The van der Waals surface area contributed by atoms with E-state index in [-0.39, 0.29) is 53.9 Å². The van der Waals surface area contributed by atoms with Gasteiger partial charge in [0.05, 0.1) is 29.2 Å². The number of rotatable bonds is 45. The molecule has 0 heterocycles. The number of benzene rings is 1. The standard InChI is InChI=1S/C54H94O7S.Na/c1-3-5-7-9-11-13-15-17-19-21-23-25-27-29-31-33-35-37-39-41-43-47-60-53(55)51-46-45-50(62(57,58)59)49-52(51)54(56)61-48-44-42-40-38-36-34-32-30-28-26-24-22-20-18-16-14-12-10-8-6-4-2;/h9-12,45-46,49H,3-8,13-44,47-48H2,1-2H3,(H,57,58,59);/q;+1/p-1/b11-9+,12-10+;. The van der Waals surface area contributed by atoms with Crippen LogP contribution in [0.2, 0.25) is 0 Å². The van der Waals surface area contributed by atoms with Gasteiger partial charge in [-0.1, -0.05) is 231 Å². The van der Waals surface area contributed by atoms with Crippen LogP contribution in [0.15, 0.2) is 47.4 Å². The first-order valence-corrected chi connectivity index (χ1v) is 27.5. The Labute approximate surface area is 410 Å². The Balaban J connectivity index is 0.0000384. The van der Waals surface area contributed by atoms with E-state index in [2.05, 4.69) is 38.2 Å². The van der Waals surface area contributed by atoms with Crippen LogP contribution >= 0.6 is 0 Å². The summed E-state index contributed by atoms with van der Waals surface area (Å²) in [6.07, 6.45) is 56.5. The third-order valence-corrected chi connectivity index (χ3v) is 12.8. The second-order valence-corrected chi connectivity index (χ2v) is 19.2. The molecule has 1 aromatic rings. The Morgan fingerprint density at radius 1 is 0.429 bits per heavy atom. The summed E-state index contributed by atoms with van der Waals surface area (Å²) in [7, 11) is -4.82. The fourth-order valence-electron chi connectivity index (χ4n) is 7.95. The van der Waals surface area contributed by atoms with Gasteiger partial charge in [-0.2, -0.15) is 0 Å². The minimum Gasteiger partial charge on any atom is -0.744 e. The molecule has 9 heteroatoms. The van der Waals surface area contributed by atoms with Gasteiger partial charge in [-0.05, 0) is 69.6 Å². The van der Waals surface area contributed by atoms with E-state index >= 15 is 0 Å². The molecule has 0 saturated heterocycles. The minimum atomic E-state index is -4.82. The average Bonchev–Trinajstić information content (AvgIpc) is 3.26. The maximum Gasteiger partial charge on any atom is 1.00 e. The van der Waals surface area contributed by atoms with E-state index in [4.69, 9.17) is 9.47 Å². The van der Waals surface area contributed by atoms with Gasteiger partial charge in [0, 0.05) is 0 Å². The van der Waals surface area contributed by atoms with Crippen molar-refractivity contribution in [2.75, 3.05) is 13.2 Å². The smallest absolute Gasteiger partial charge is 0.744 e. The van der Waals surface area contributed by atoms with E-state index in [0.717, 1.165) is 44.2 Å². The molecular formula is C54H93NaO7S. The molecule has 0 atom stereocenters. The van der Waals surface area contributed by atoms with E-state index < -0.39 is 27.0 Å². The Hall–Kier alpha value is -1.45. The zero-order chi connectivity index (χ0) is 45.0. The Morgan fingerprint density at radius 3 is 1.00 bits per heavy atom. The van der Waals surface area contributed by atoms with Gasteiger partial charge >= 0.3 is 41.5 Å². The van der Waals surface area contributed by atoms with E-state index in [1.54, 1.807) is 0 Å². The van der Waals surface area contributed by atoms with Gasteiger partial charge in [0.25, 0.3) is 0 Å². The van der Waals surface area contributed by atoms with Gasteiger partial charge in [-0.3, -0.25) is 0 Å². The molecule has 1 rings (SSSR count). The number of esters is 2. The monoisotopic (exact) mass is 909 g/mol. The van der Waals surface area contributed by atoms with Crippen LogP contribution in [0.5, 0.6) is 0 Å². The van der Waals surface area contributed by atoms with Gasteiger partial charge in [-0.15, -0.1) is 0 Å². The van der Waals surface area contributed by atoms with Crippen LogP contribution in [-0.2, 0) is 19.6 Å². The maximum absolute atomic E-state index is 13.0. The van der Waals surface area contributed by atoms with Gasteiger partial charge in [0.2, 0.25) is 0 Å². The zero-order valence-corrected chi connectivity index (χ0v) is 43.9.